The monoisotopic (exact) mass is 656 g/mol. The first-order valence-corrected chi connectivity index (χ1v) is 15.7. The van der Waals surface area contributed by atoms with Gasteiger partial charge in [-0.05, 0) is 120 Å². The van der Waals surface area contributed by atoms with Crippen molar-refractivity contribution in [3.05, 3.63) is 69.3 Å². The van der Waals surface area contributed by atoms with Crippen LogP contribution in [0.15, 0.2) is 24.3 Å². The van der Waals surface area contributed by atoms with Crippen molar-refractivity contribution in [2.45, 2.75) is 107 Å². The number of aromatic amines is 2. The van der Waals surface area contributed by atoms with Crippen LogP contribution in [-0.4, -0.2) is 43.8 Å². The number of nitrogens with one attached hydrogen (secondary N) is 2. The Hall–Kier alpha value is -2.60. The van der Waals surface area contributed by atoms with Crippen LogP contribution >= 0.6 is 0 Å². The van der Waals surface area contributed by atoms with Gasteiger partial charge in [-0.1, -0.05) is 55.4 Å². The van der Waals surface area contributed by atoms with Crippen molar-refractivity contribution in [1.82, 2.24) is 19.9 Å². The number of fused-ring (bicyclic) bond motifs is 8. The van der Waals surface area contributed by atoms with Gasteiger partial charge in [-0.15, -0.1) is 0 Å². The third kappa shape index (κ3) is 5.37. The summed E-state index contributed by atoms with van der Waals surface area (Å²) in [6.07, 6.45) is 7.84. The minimum atomic E-state index is 0. The second-order valence-corrected chi connectivity index (χ2v) is 10.9. The van der Waals surface area contributed by atoms with Gasteiger partial charge >= 0.3 is 23.9 Å². The minimum absolute atomic E-state index is 0. The normalized spacial score (nSPS) is 13.3. The Morgan fingerprint density at radius 3 is 0.780 bits per heavy atom. The van der Waals surface area contributed by atoms with Gasteiger partial charge in [0.2, 0.25) is 0 Å². The molecule has 0 atom stereocenters. The van der Waals surface area contributed by atoms with Crippen molar-refractivity contribution >= 4 is 68.3 Å². The number of nitrogens with zero attached hydrogens (tertiary/aromatic N) is 2. The number of H-pyrrole nitrogens is 2. The summed E-state index contributed by atoms with van der Waals surface area (Å²) < 4.78 is 0. The fourth-order valence-electron chi connectivity index (χ4n) is 7.10. The molecule has 41 heavy (non-hydrogen) atoms. The zero-order valence-electron chi connectivity index (χ0n) is 26.6. The molecule has 0 unspecified atom stereocenters. The average Bonchev–Trinajstić information content (AvgIpc) is 3.67. The van der Waals surface area contributed by atoms with Crippen molar-refractivity contribution in [1.29, 1.82) is 0 Å². The molecule has 4 nitrogen and oxygen atoms in total. The Morgan fingerprint density at radius 2 is 0.610 bits per heavy atom. The molecule has 216 valence electrons. The van der Waals surface area contributed by atoms with E-state index in [-0.39, 0.29) is 23.9 Å². The fraction of sp³-hybridized carbons (Fsp3) is 0.444. The summed E-state index contributed by atoms with van der Waals surface area (Å²) >= 11 is 0. The predicted octanol–water partition coefficient (Wildman–Crippen LogP) is 9.11. The summed E-state index contributed by atoms with van der Waals surface area (Å²) in [6, 6.07) is 9.24. The quantitative estimate of drug-likeness (QED) is 0.238. The van der Waals surface area contributed by atoms with Crippen LogP contribution in [0.4, 0.5) is 0 Å². The third-order valence-electron chi connectivity index (χ3n) is 8.97. The van der Waals surface area contributed by atoms with Crippen molar-refractivity contribution in [2.75, 3.05) is 0 Å². The standard InChI is InChI=1S/C36H46N4.Sn.2H/c1-9-21-22(10-2)30-18-32-25(13-5)26(14-6)34(39-32)20-36-28(16-8)27(15-7)35(40-36)19-33-24(12-4)23(11-3)31(38-33)17-29(21)37-30;;;/h17-20,37,40H,9-16H2,1-8H3;;;. The van der Waals surface area contributed by atoms with E-state index in [4.69, 9.17) is 9.97 Å². The molecule has 0 aromatic carbocycles. The molecule has 8 bridgehead atoms. The van der Waals surface area contributed by atoms with Gasteiger partial charge in [0.1, 0.15) is 0 Å². The molecule has 2 N–H and O–H groups in total. The second kappa shape index (κ2) is 13.1. The Morgan fingerprint density at radius 1 is 0.390 bits per heavy atom. The first kappa shape index (κ1) is 31.3. The molecule has 0 saturated heterocycles. The molecule has 0 saturated carbocycles. The Bertz CT molecular complexity index is 1440. The first-order chi connectivity index (χ1) is 19.5. The fourth-order valence-corrected chi connectivity index (χ4v) is 7.10. The molecule has 2 aliphatic heterocycles. The summed E-state index contributed by atoms with van der Waals surface area (Å²) in [5.41, 5.74) is 20.2. The van der Waals surface area contributed by atoms with E-state index in [1.165, 1.54) is 66.6 Å². The molecule has 0 spiro atoms. The van der Waals surface area contributed by atoms with Crippen molar-refractivity contribution in [2.24, 2.45) is 0 Å². The van der Waals surface area contributed by atoms with E-state index in [9.17, 15) is 0 Å². The van der Waals surface area contributed by atoms with Crippen LogP contribution in [0.3, 0.4) is 0 Å². The maximum atomic E-state index is 5.29. The maximum absolute atomic E-state index is 5.29. The summed E-state index contributed by atoms with van der Waals surface area (Å²) in [7, 11) is 0. The van der Waals surface area contributed by atoms with Gasteiger partial charge in [-0.25, -0.2) is 9.97 Å². The number of aromatic nitrogens is 4. The molecule has 0 fully saturated rings. The van der Waals surface area contributed by atoms with Crippen molar-refractivity contribution in [3.63, 3.8) is 0 Å². The predicted molar refractivity (Wildman–Crippen MR) is 182 cm³/mol. The van der Waals surface area contributed by atoms with E-state index in [1.807, 2.05) is 0 Å². The van der Waals surface area contributed by atoms with E-state index < -0.39 is 0 Å². The summed E-state index contributed by atoms with van der Waals surface area (Å²) in [5, 5.41) is 0. The number of hydrogen-bond donors (Lipinski definition) is 2. The van der Waals surface area contributed by atoms with E-state index in [0.717, 1.165) is 74.1 Å². The molecule has 0 aliphatic carbocycles. The first-order valence-electron chi connectivity index (χ1n) is 15.7. The van der Waals surface area contributed by atoms with Gasteiger partial charge in [0, 0.05) is 22.1 Å². The summed E-state index contributed by atoms with van der Waals surface area (Å²) in [4.78, 5) is 18.2. The molecule has 5 rings (SSSR count). The third-order valence-corrected chi connectivity index (χ3v) is 8.97. The molecule has 5 heteroatoms. The van der Waals surface area contributed by atoms with Gasteiger partial charge < -0.3 is 9.97 Å². The zero-order valence-corrected chi connectivity index (χ0v) is 30.6. The van der Waals surface area contributed by atoms with Gasteiger partial charge in [-0.2, -0.15) is 0 Å². The molecule has 2 radical (unpaired) electrons. The van der Waals surface area contributed by atoms with Gasteiger partial charge in [0.05, 0.1) is 22.8 Å². The summed E-state index contributed by atoms with van der Waals surface area (Å²) in [6.45, 7) is 18.1. The van der Waals surface area contributed by atoms with Gasteiger partial charge in [0.15, 0.2) is 0 Å². The molecule has 0 amide bonds. The Balaban J connectivity index is 0.00000387. The molecule has 2 aliphatic rings. The Kier molecular flexibility index (Phi) is 10.0. The van der Waals surface area contributed by atoms with Crippen molar-refractivity contribution in [3.8, 4) is 0 Å². The van der Waals surface area contributed by atoms with Gasteiger partial charge in [0.25, 0.3) is 0 Å². The molecule has 3 aromatic heterocycles. The second-order valence-electron chi connectivity index (χ2n) is 10.9. The van der Waals surface area contributed by atoms with Crippen molar-refractivity contribution < 1.29 is 0 Å². The molecule has 5 heterocycles. The topological polar surface area (TPSA) is 57.4 Å². The van der Waals surface area contributed by atoms with E-state index in [2.05, 4.69) is 89.6 Å². The van der Waals surface area contributed by atoms with Crippen LogP contribution in [-0.2, 0) is 25.7 Å². The molecule has 3 aromatic rings. The van der Waals surface area contributed by atoms with Crippen LogP contribution in [0.2, 0.25) is 0 Å². The summed E-state index contributed by atoms with van der Waals surface area (Å²) in [5.74, 6) is 0. The Labute approximate surface area is 263 Å². The van der Waals surface area contributed by atoms with Crippen LogP contribution in [0.5, 0.6) is 0 Å². The zero-order chi connectivity index (χ0) is 28.6. The number of rotatable bonds is 8. The van der Waals surface area contributed by atoms with E-state index >= 15 is 0 Å². The number of hydrogen-bond acceptors (Lipinski definition) is 2. The van der Waals surface area contributed by atoms with Gasteiger partial charge in [-0.3, -0.25) is 0 Å². The van der Waals surface area contributed by atoms with Crippen LogP contribution in [0, 0.1) is 0 Å². The molecular weight excluding hydrogens is 607 g/mol. The SMILES string of the molecule is CCC1=C(CC)c2cc3[nH]c(cc4nc(cc5[nH]c(cc1n2)c(CC)c5CC)C(CC)=C4CC)c(CC)c3CC.[SnH2]. The number of allylic oxidation sites excluding steroid dienone is 4. The average molecular weight is 656 g/mol. The molecular formula is C36H48N4Sn. The van der Waals surface area contributed by atoms with Crippen LogP contribution in [0.1, 0.15) is 126 Å². The van der Waals surface area contributed by atoms with Crippen LogP contribution < -0.4 is 0 Å². The number of aryl methyl sites for hydroxylation is 4. The van der Waals surface area contributed by atoms with E-state index in [1.54, 1.807) is 0 Å². The van der Waals surface area contributed by atoms with E-state index in [0.29, 0.717) is 0 Å². The van der Waals surface area contributed by atoms with Crippen LogP contribution in [0.25, 0.3) is 44.4 Å².